The summed E-state index contributed by atoms with van der Waals surface area (Å²) in [5, 5.41) is 18.7. The number of halogens is 3. The van der Waals surface area contributed by atoms with Gasteiger partial charge in [0.15, 0.2) is 0 Å². The topological polar surface area (TPSA) is 93.5 Å². The van der Waals surface area contributed by atoms with E-state index < -0.39 is 11.9 Å². The van der Waals surface area contributed by atoms with Gasteiger partial charge in [-0.1, -0.05) is 18.2 Å². The molecule has 4 aromatic rings. The summed E-state index contributed by atoms with van der Waals surface area (Å²) >= 11 is 0. The lowest BCUT2D eigenvalue weighted by Crippen LogP contribution is -2.49. The molecule has 1 aromatic carbocycles. The summed E-state index contributed by atoms with van der Waals surface area (Å²) in [6.07, 6.45) is -2.26. The SMILES string of the molecule is CNCc1nc(C(F)(F)F)cc2c(-c3cccc(C4(Cc5nncn5C)COC4)c3)n[nH]c12. The number of aromatic amines is 1. The Kier molecular flexibility index (Phi) is 5.17. The monoisotopic (exact) mass is 457 g/mol. The van der Waals surface area contributed by atoms with Crippen LogP contribution in [0.5, 0.6) is 0 Å². The van der Waals surface area contributed by atoms with Gasteiger partial charge < -0.3 is 14.6 Å². The predicted octanol–water partition coefficient (Wildman–Crippen LogP) is 3.00. The molecule has 8 nitrogen and oxygen atoms in total. The van der Waals surface area contributed by atoms with Gasteiger partial charge in [-0.15, -0.1) is 10.2 Å². The highest BCUT2D eigenvalue weighted by atomic mass is 19.4. The molecule has 0 radical (unpaired) electrons. The van der Waals surface area contributed by atoms with Crippen LogP contribution < -0.4 is 5.32 Å². The Morgan fingerprint density at radius 3 is 2.70 bits per heavy atom. The van der Waals surface area contributed by atoms with Crippen LogP contribution in [0, 0.1) is 0 Å². The molecule has 0 aliphatic carbocycles. The fourth-order valence-corrected chi connectivity index (χ4v) is 4.23. The molecule has 1 saturated heterocycles. The quantitative estimate of drug-likeness (QED) is 0.462. The number of ether oxygens (including phenoxy) is 1. The van der Waals surface area contributed by atoms with Gasteiger partial charge in [0.25, 0.3) is 0 Å². The van der Waals surface area contributed by atoms with Gasteiger partial charge >= 0.3 is 6.18 Å². The molecule has 0 spiro atoms. The van der Waals surface area contributed by atoms with Gasteiger partial charge in [0, 0.05) is 36.4 Å². The van der Waals surface area contributed by atoms with Crippen molar-refractivity contribution in [1.29, 1.82) is 0 Å². The number of benzene rings is 1. The van der Waals surface area contributed by atoms with Crippen molar-refractivity contribution in [3.05, 3.63) is 59.4 Å². The van der Waals surface area contributed by atoms with E-state index in [9.17, 15) is 13.2 Å². The van der Waals surface area contributed by atoms with E-state index in [1.165, 1.54) is 0 Å². The van der Waals surface area contributed by atoms with Crippen molar-refractivity contribution in [2.75, 3.05) is 20.3 Å². The molecule has 0 unspecified atom stereocenters. The van der Waals surface area contributed by atoms with Gasteiger partial charge in [0.1, 0.15) is 23.5 Å². The maximum absolute atomic E-state index is 13.5. The zero-order valence-electron chi connectivity index (χ0n) is 18.1. The van der Waals surface area contributed by atoms with E-state index >= 15 is 0 Å². The van der Waals surface area contributed by atoms with Crippen LogP contribution >= 0.6 is 0 Å². The average Bonchev–Trinajstić information content (AvgIpc) is 3.36. The molecule has 1 aliphatic rings. The summed E-state index contributed by atoms with van der Waals surface area (Å²) < 4.78 is 48.0. The lowest BCUT2D eigenvalue weighted by atomic mass is 9.75. The number of nitrogens with zero attached hydrogens (tertiary/aromatic N) is 5. The van der Waals surface area contributed by atoms with Gasteiger partial charge in [0.05, 0.1) is 24.4 Å². The molecule has 4 heterocycles. The molecule has 0 atom stereocenters. The second-order valence-corrected chi connectivity index (χ2v) is 8.37. The number of nitrogens with one attached hydrogen (secondary N) is 2. The van der Waals surface area contributed by atoms with Crippen LogP contribution in [0.25, 0.3) is 22.2 Å². The first-order valence-electron chi connectivity index (χ1n) is 10.4. The van der Waals surface area contributed by atoms with Gasteiger partial charge in [-0.3, -0.25) is 5.10 Å². The van der Waals surface area contributed by atoms with Crippen LogP contribution in [0.1, 0.15) is 22.8 Å². The van der Waals surface area contributed by atoms with Crippen LogP contribution in [0.3, 0.4) is 0 Å². The van der Waals surface area contributed by atoms with Crippen molar-refractivity contribution in [2.45, 2.75) is 24.6 Å². The Morgan fingerprint density at radius 2 is 2.06 bits per heavy atom. The molecular formula is C22H22F3N7O. The molecular weight excluding hydrogens is 435 g/mol. The maximum atomic E-state index is 13.5. The van der Waals surface area contributed by atoms with E-state index in [2.05, 4.69) is 30.7 Å². The third-order valence-corrected chi connectivity index (χ3v) is 6.07. The minimum atomic E-state index is -4.56. The first-order chi connectivity index (χ1) is 15.8. The highest BCUT2D eigenvalue weighted by Crippen LogP contribution is 2.39. The molecule has 2 N–H and O–H groups in total. The van der Waals surface area contributed by atoms with Crippen LogP contribution in [0.2, 0.25) is 0 Å². The van der Waals surface area contributed by atoms with E-state index in [0.29, 0.717) is 36.2 Å². The molecule has 3 aromatic heterocycles. The van der Waals surface area contributed by atoms with Crippen molar-refractivity contribution < 1.29 is 17.9 Å². The van der Waals surface area contributed by atoms with Crippen molar-refractivity contribution in [1.82, 2.24) is 35.3 Å². The molecule has 0 amide bonds. The van der Waals surface area contributed by atoms with Crippen molar-refractivity contribution in [3.63, 3.8) is 0 Å². The largest absolute Gasteiger partial charge is 0.433 e. The first kappa shape index (κ1) is 21.5. The number of pyridine rings is 1. The van der Waals surface area contributed by atoms with Crippen LogP contribution in [0.15, 0.2) is 36.7 Å². The van der Waals surface area contributed by atoms with E-state index in [-0.39, 0.29) is 17.7 Å². The van der Waals surface area contributed by atoms with E-state index in [1.54, 1.807) is 13.4 Å². The highest BCUT2D eigenvalue weighted by molar-refractivity contribution is 5.94. The fraction of sp³-hybridized carbons (Fsp3) is 0.364. The molecule has 0 bridgehead atoms. The highest BCUT2D eigenvalue weighted by Gasteiger charge is 2.42. The molecule has 0 saturated carbocycles. The Hall–Kier alpha value is -3.31. The van der Waals surface area contributed by atoms with Crippen molar-refractivity contribution in [2.24, 2.45) is 7.05 Å². The molecule has 5 rings (SSSR count). The fourth-order valence-electron chi connectivity index (χ4n) is 4.23. The number of hydrogen-bond acceptors (Lipinski definition) is 6. The minimum Gasteiger partial charge on any atom is -0.379 e. The van der Waals surface area contributed by atoms with Crippen molar-refractivity contribution in [3.8, 4) is 11.3 Å². The Morgan fingerprint density at radius 1 is 1.24 bits per heavy atom. The average molecular weight is 457 g/mol. The summed E-state index contributed by atoms with van der Waals surface area (Å²) in [4.78, 5) is 3.81. The number of aromatic nitrogens is 6. The summed E-state index contributed by atoms with van der Waals surface area (Å²) in [5.41, 5.74) is 1.72. The zero-order chi connectivity index (χ0) is 23.2. The van der Waals surface area contributed by atoms with Crippen LogP contribution in [0.4, 0.5) is 13.2 Å². The smallest absolute Gasteiger partial charge is 0.379 e. The predicted molar refractivity (Wildman–Crippen MR) is 114 cm³/mol. The number of aryl methyl sites for hydroxylation is 1. The number of fused-ring (bicyclic) bond motifs is 1. The summed E-state index contributed by atoms with van der Waals surface area (Å²) in [6.45, 7) is 1.23. The molecule has 172 valence electrons. The number of rotatable bonds is 6. The van der Waals surface area contributed by atoms with E-state index in [4.69, 9.17) is 4.74 Å². The lowest BCUT2D eigenvalue weighted by Gasteiger charge is -2.41. The van der Waals surface area contributed by atoms with Crippen LogP contribution in [-0.4, -0.2) is 50.2 Å². The van der Waals surface area contributed by atoms with Gasteiger partial charge in [-0.25, -0.2) is 4.98 Å². The Bertz CT molecular complexity index is 1310. The lowest BCUT2D eigenvalue weighted by molar-refractivity contribution is -0.141. The zero-order valence-corrected chi connectivity index (χ0v) is 18.1. The minimum absolute atomic E-state index is 0.181. The van der Waals surface area contributed by atoms with E-state index in [0.717, 1.165) is 23.0 Å². The Balaban J connectivity index is 1.59. The number of alkyl halides is 3. The number of hydrogen-bond donors (Lipinski definition) is 2. The molecule has 11 heteroatoms. The molecule has 1 fully saturated rings. The first-order valence-corrected chi connectivity index (χ1v) is 10.4. The van der Waals surface area contributed by atoms with Gasteiger partial charge in [-0.05, 0) is 24.7 Å². The summed E-state index contributed by atoms with van der Waals surface area (Å²) in [6, 6.07) is 8.77. The van der Waals surface area contributed by atoms with Crippen LogP contribution in [-0.2, 0) is 36.3 Å². The molecule has 33 heavy (non-hydrogen) atoms. The number of H-pyrrole nitrogens is 1. The van der Waals surface area contributed by atoms with Crippen molar-refractivity contribution >= 4 is 10.9 Å². The maximum Gasteiger partial charge on any atom is 0.433 e. The third kappa shape index (κ3) is 3.76. The van der Waals surface area contributed by atoms with E-state index in [1.807, 2.05) is 35.9 Å². The van der Waals surface area contributed by atoms with Gasteiger partial charge in [-0.2, -0.15) is 18.3 Å². The second-order valence-electron chi connectivity index (χ2n) is 8.37. The normalized spacial score (nSPS) is 15.7. The standard InChI is InChI=1S/C22H22F3N7O/c1-26-9-16-20-15(7-17(28-16)22(23,24)25)19(30-31-20)13-4-3-5-14(6-13)21(10-33-11-21)8-18-29-27-12-32(18)2/h3-7,12,26H,8-11H2,1-2H3,(H,30,31). The summed E-state index contributed by atoms with van der Waals surface area (Å²) in [5.74, 6) is 0.839. The molecule has 1 aliphatic heterocycles. The summed E-state index contributed by atoms with van der Waals surface area (Å²) in [7, 11) is 3.55. The second kappa shape index (κ2) is 7.92. The Labute approximate surface area is 187 Å². The van der Waals surface area contributed by atoms with Gasteiger partial charge in [0.2, 0.25) is 0 Å². The third-order valence-electron chi connectivity index (χ3n) is 6.07.